The summed E-state index contributed by atoms with van der Waals surface area (Å²) < 4.78 is 3.62. The van der Waals surface area contributed by atoms with Crippen LogP contribution >= 0.6 is 0 Å². The van der Waals surface area contributed by atoms with Gasteiger partial charge in [0.05, 0.1) is 12.1 Å². The molecule has 1 amide bonds. The van der Waals surface area contributed by atoms with Gasteiger partial charge in [0, 0.05) is 45.3 Å². The van der Waals surface area contributed by atoms with Crippen LogP contribution in [-0.4, -0.2) is 55.5 Å². The van der Waals surface area contributed by atoms with E-state index in [1.165, 1.54) is 4.57 Å². The summed E-state index contributed by atoms with van der Waals surface area (Å²) in [6.07, 6.45) is 6.40. The Kier molecular flexibility index (Phi) is 3.35. The minimum atomic E-state index is -0.239. The fourth-order valence-corrected chi connectivity index (χ4v) is 3.85. The number of imidazole rings is 1. The molecule has 1 atom stereocenters. The van der Waals surface area contributed by atoms with Gasteiger partial charge in [0.15, 0.2) is 0 Å². The topological polar surface area (TPSA) is 63.4 Å². The number of carbonyl (C=O) groups excluding carboxylic acids is 1. The van der Waals surface area contributed by atoms with Crippen LogP contribution in [0.3, 0.4) is 0 Å². The predicted molar refractivity (Wildman–Crippen MR) is 88.6 cm³/mol. The lowest BCUT2D eigenvalue weighted by atomic mass is 9.94. The number of likely N-dealkylation sites (tertiary alicyclic amines) is 1. The van der Waals surface area contributed by atoms with Gasteiger partial charge >= 0.3 is 0 Å². The van der Waals surface area contributed by atoms with E-state index in [2.05, 4.69) is 21.5 Å². The molecule has 2 aliphatic rings. The van der Waals surface area contributed by atoms with Gasteiger partial charge in [0.1, 0.15) is 11.4 Å². The van der Waals surface area contributed by atoms with Crippen LogP contribution < -0.4 is 5.56 Å². The number of aryl methyl sites for hydroxylation is 1. The largest absolute Gasteiger partial charge is 0.336 e. The molecule has 4 rings (SSSR count). The lowest BCUT2D eigenvalue weighted by molar-refractivity contribution is 0.0582. The summed E-state index contributed by atoms with van der Waals surface area (Å²) in [6, 6.07) is 3.36. The molecule has 2 aromatic heterocycles. The van der Waals surface area contributed by atoms with E-state index >= 15 is 0 Å². The highest BCUT2D eigenvalue weighted by molar-refractivity contribution is 5.94. The van der Waals surface area contributed by atoms with Crippen LogP contribution in [0.25, 0.3) is 0 Å². The van der Waals surface area contributed by atoms with Crippen molar-refractivity contribution in [3.05, 3.63) is 52.5 Å². The molecule has 1 spiro atoms. The van der Waals surface area contributed by atoms with Crippen LogP contribution in [-0.2, 0) is 20.1 Å². The van der Waals surface area contributed by atoms with E-state index in [4.69, 9.17) is 0 Å². The summed E-state index contributed by atoms with van der Waals surface area (Å²) in [5.74, 6) is 0.891. The normalized spacial score (nSPS) is 23.7. The number of likely N-dealkylation sites (N-methyl/N-ethyl adjacent to an activating group) is 1. The van der Waals surface area contributed by atoms with Gasteiger partial charge in [0.2, 0.25) is 0 Å². The first-order valence-corrected chi connectivity index (χ1v) is 8.16. The summed E-state index contributed by atoms with van der Waals surface area (Å²) in [5, 5.41) is 0. The van der Waals surface area contributed by atoms with Crippen molar-refractivity contribution >= 4 is 5.91 Å². The molecule has 126 valence electrons. The molecule has 1 unspecified atom stereocenters. The van der Waals surface area contributed by atoms with Crippen LogP contribution in [0.1, 0.15) is 22.6 Å². The fraction of sp³-hybridized carbons (Fsp3) is 0.471. The molecule has 1 saturated heterocycles. The molecule has 24 heavy (non-hydrogen) atoms. The highest BCUT2D eigenvalue weighted by Crippen LogP contribution is 2.33. The Balaban J connectivity index is 1.60. The van der Waals surface area contributed by atoms with Gasteiger partial charge in [-0.3, -0.25) is 14.5 Å². The Morgan fingerprint density at radius 3 is 2.92 bits per heavy atom. The van der Waals surface area contributed by atoms with Crippen molar-refractivity contribution in [1.82, 2.24) is 23.9 Å². The number of pyridine rings is 1. The smallest absolute Gasteiger partial charge is 0.263 e. The summed E-state index contributed by atoms with van der Waals surface area (Å²) >= 11 is 0. The molecule has 0 radical (unpaired) electrons. The van der Waals surface area contributed by atoms with E-state index < -0.39 is 0 Å². The molecule has 0 aromatic carbocycles. The number of fused-ring (bicyclic) bond motifs is 1. The number of nitrogens with zero attached hydrogens (tertiary/aromatic N) is 5. The van der Waals surface area contributed by atoms with Gasteiger partial charge in [-0.1, -0.05) is 0 Å². The van der Waals surface area contributed by atoms with Crippen molar-refractivity contribution in [2.24, 2.45) is 7.05 Å². The Bertz CT molecular complexity index is 855. The average molecular weight is 327 g/mol. The summed E-state index contributed by atoms with van der Waals surface area (Å²) in [4.78, 5) is 33.5. The van der Waals surface area contributed by atoms with E-state index in [0.29, 0.717) is 13.1 Å². The lowest BCUT2D eigenvalue weighted by Crippen LogP contribution is -2.55. The van der Waals surface area contributed by atoms with Crippen LogP contribution in [0.15, 0.2) is 35.5 Å². The van der Waals surface area contributed by atoms with E-state index in [-0.39, 0.29) is 22.6 Å². The second-order valence-electron chi connectivity index (χ2n) is 6.87. The van der Waals surface area contributed by atoms with Crippen molar-refractivity contribution in [3.63, 3.8) is 0 Å². The first-order valence-electron chi connectivity index (χ1n) is 8.16. The van der Waals surface area contributed by atoms with E-state index in [1.54, 1.807) is 25.4 Å². The Morgan fingerprint density at radius 1 is 1.25 bits per heavy atom. The fourth-order valence-electron chi connectivity index (χ4n) is 3.85. The van der Waals surface area contributed by atoms with Crippen LogP contribution in [0.5, 0.6) is 0 Å². The molecular weight excluding hydrogens is 306 g/mol. The number of hydrogen-bond donors (Lipinski definition) is 0. The molecule has 7 heteroatoms. The van der Waals surface area contributed by atoms with Crippen LogP contribution in [0.4, 0.5) is 0 Å². The quantitative estimate of drug-likeness (QED) is 0.756. The second kappa shape index (κ2) is 5.31. The molecule has 0 N–H and O–H groups in total. The standard InChI is InChI=1S/C17H21N5O2/c1-19-7-3-4-13(15(19)23)16(24)22-8-5-17(12-22)11-21-9-6-18-14(21)10-20(17)2/h3-4,6-7,9H,5,8,10-12H2,1-2H3. The van der Waals surface area contributed by atoms with E-state index in [1.807, 2.05) is 17.3 Å². The van der Waals surface area contributed by atoms with E-state index in [0.717, 1.165) is 25.3 Å². The molecule has 7 nitrogen and oxygen atoms in total. The molecule has 4 heterocycles. The SMILES string of the molecule is CN1Cc2nccn2CC12CCN(C(=O)c1cccn(C)c1=O)C2. The van der Waals surface area contributed by atoms with E-state index in [9.17, 15) is 9.59 Å². The van der Waals surface area contributed by atoms with Crippen molar-refractivity contribution in [2.45, 2.75) is 25.0 Å². The highest BCUT2D eigenvalue weighted by Gasteiger charge is 2.46. The molecule has 0 saturated carbocycles. The maximum Gasteiger partial charge on any atom is 0.263 e. The van der Waals surface area contributed by atoms with Gasteiger partial charge in [0.25, 0.3) is 11.5 Å². The first-order chi connectivity index (χ1) is 11.5. The third-order valence-electron chi connectivity index (χ3n) is 5.43. The average Bonchev–Trinajstić information content (AvgIpc) is 3.18. The predicted octanol–water partition coefficient (Wildman–Crippen LogP) is 0.312. The van der Waals surface area contributed by atoms with Gasteiger partial charge in [-0.15, -0.1) is 0 Å². The number of amides is 1. The highest BCUT2D eigenvalue weighted by atomic mass is 16.2. The second-order valence-corrected chi connectivity index (χ2v) is 6.87. The van der Waals surface area contributed by atoms with Gasteiger partial charge in [-0.2, -0.15) is 0 Å². The Hall–Kier alpha value is -2.41. The van der Waals surface area contributed by atoms with Crippen LogP contribution in [0.2, 0.25) is 0 Å². The monoisotopic (exact) mass is 327 g/mol. The van der Waals surface area contributed by atoms with Crippen molar-refractivity contribution in [1.29, 1.82) is 0 Å². The summed E-state index contributed by atoms with van der Waals surface area (Å²) in [6.45, 7) is 2.92. The minimum absolute atomic E-state index is 0.0800. The van der Waals surface area contributed by atoms with Gasteiger partial charge in [-0.05, 0) is 25.6 Å². The summed E-state index contributed by atoms with van der Waals surface area (Å²) in [7, 11) is 3.76. The zero-order valence-corrected chi connectivity index (χ0v) is 14.0. The third kappa shape index (κ3) is 2.19. The van der Waals surface area contributed by atoms with Crippen molar-refractivity contribution in [2.75, 3.05) is 20.1 Å². The molecule has 2 aliphatic heterocycles. The third-order valence-corrected chi connectivity index (χ3v) is 5.43. The zero-order valence-electron chi connectivity index (χ0n) is 14.0. The number of rotatable bonds is 1. The zero-order chi connectivity index (χ0) is 16.9. The number of aromatic nitrogens is 3. The van der Waals surface area contributed by atoms with Gasteiger partial charge < -0.3 is 14.0 Å². The number of carbonyl (C=O) groups is 1. The van der Waals surface area contributed by atoms with Gasteiger partial charge in [-0.25, -0.2) is 4.98 Å². The Labute approximate surface area is 140 Å². The lowest BCUT2D eigenvalue weighted by Gasteiger charge is -2.42. The maximum absolute atomic E-state index is 12.8. The van der Waals surface area contributed by atoms with Crippen LogP contribution in [0, 0.1) is 0 Å². The molecule has 0 aliphatic carbocycles. The molecule has 1 fully saturated rings. The van der Waals surface area contributed by atoms with Crippen molar-refractivity contribution < 1.29 is 4.79 Å². The number of hydrogen-bond acceptors (Lipinski definition) is 4. The molecular formula is C17H21N5O2. The molecule has 2 aromatic rings. The first kappa shape index (κ1) is 15.1. The van der Waals surface area contributed by atoms with Crippen molar-refractivity contribution in [3.8, 4) is 0 Å². The Morgan fingerprint density at radius 2 is 2.08 bits per heavy atom. The minimum Gasteiger partial charge on any atom is -0.336 e. The molecule has 0 bridgehead atoms. The summed E-state index contributed by atoms with van der Waals surface area (Å²) in [5.41, 5.74) is -0.0696. The maximum atomic E-state index is 12.8.